The summed E-state index contributed by atoms with van der Waals surface area (Å²) in [7, 11) is 3.32. The van der Waals surface area contributed by atoms with Crippen molar-refractivity contribution in [1.82, 2.24) is 9.80 Å². The Morgan fingerprint density at radius 1 is 1.26 bits per heavy atom. The third-order valence-corrected chi connectivity index (χ3v) is 3.80. The highest BCUT2D eigenvalue weighted by Crippen LogP contribution is 2.23. The van der Waals surface area contributed by atoms with Crippen LogP contribution in [0.25, 0.3) is 0 Å². The Kier molecular flexibility index (Phi) is 5.49. The number of morpholine rings is 1. The number of rotatable bonds is 2. The van der Waals surface area contributed by atoms with Crippen LogP contribution in [0.5, 0.6) is 0 Å². The number of anilines is 1. The Hall–Kier alpha value is -1.79. The Labute approximate surface area is 141 Å². The number of ether oxygens (including phenoxy) is 1. The minimum atomic E-state index is -0.262. The molecular formula is C16H22ClN3O3. The molecule has 0 unspecified atom stereocenters. The molecule has 7 heteroatoms. The molecule has 1 heterocycles. The third kappa shape index (κ3) is 4.36. The molecule has 0 aliphatic carbocycles. The normalized spacial score (nSPS) is 21.0. The molecule has 0 bridgehead atoms. The van der Waals surface area contributed by atoms with Gasteiger partial charge in [-0.05, 0) is 32.0 Å². The summed E-state index contributed by atoms with van der Waals surface area (Å²) in [6, 6.07) is 4.57. The first-order chi connectivity index (χ1) is 10.8. The molecule has 1 aromatic carbocycles. The fraction of sp³-hybridized carbons (Fsp3) is 0.500. The minimum Gasteiger partial charge on any atom is -0.372 e. The van der Waals surface area contributed by atoms with Crippen molar-refractivity contribution >= 4 is 29.2 Å². The summed E-state index contributed by atoms with van der Waals surface area (Å²) in [5.74, 6) is -0.194. The number of amides is 3. The average molecular weight is 340 g/mol. The van der Waals surface area contributed by atoms with Crippen LogP contribution in [0.15, 0.2) is 18.2 Å². The number of halogens is 1. The summed E-state index contributed by atoms with van der Waals surface area (Å²) >= 11 is 6.01. The summed E-state index contributed by atoms with van der Waals surface area (Å²) in [6.45, 7) is 4.87. The van der Waals surface area contributed by atoms with Crippen molar-refractivity contribution in [2.75, 3.05) is 32.5 Å². The molecule has 23 heavy (non-hydrogen) atoms. The van der Waals surface area contributed by atoms with E-state index >= 15 is 0 Å². The predicted octanol–water partition coefficient (Wildman–Crippen LogP) is 2.68. The number of carbonyl (C=O) groups is 2. The zero-order chi connectivity index (χ0) is 17.1. The lowest BCUT2D eigenvalue weighted by molar-refractivity contribution is -0.0530. The van der Waals surface area contributed by atoms with Crippen LogP contribution in [0, 0.1) is 0 Å². The van der Waals surface area contributed by atoms with E-state index in [1.54, 1.807) is 37.2 Å². The second-order valence-corrected chi connectivity index (χ2v) is 6.42. The quantitative estimate of drug-likeness (QED) is 0.901. The number of hydrogen-bond donors (Lipinski definition) is 1. The molecule has 1 aliphatic rings. The first kappa shape index (κ1) is 17.6. The number of benzene rings is 1. The van der Waals surface area contributed by atoms with Gasteiger partial charge in [-0.15, -0.1) is 0 Å². The van der Waals surface area contributed by atoms with E-state index in [4.69, 9.17) is 16.3 Å². The zero-order valence-electron chi connectivity index (χ0n) is 13.8. The number of nitrogens with zero attached hydrogens (tertiary/aromatic N) is 2. The van der Waals surface area contributed by atoms with E-state index in [0.717, 1.165) is 0 Å². The van der Waals surface area contributed by atoms with Crippen molar-refractivity contribution < 1.29 is 14.3 Å². The van der Waals surface area contributed by atoms with Crippen molar-refractivity contribution in [3.05, 3.63) is 28.8 Å². The SMILES string of the molecule is C[C@@H]1CN(C(=O)Nc2cc(Cl)ccc2C(=O)N(C)C)C[C@@H](C)O1. The van der Waals surface area contributed by atoms with Gasteiger partial charge >= 0.3 is 6.03 Å². The fourth-order valence-electron chi connectivity index (χ4n) is 2.59. The number of urea groups is 1. The minimum absolute atomic E-state index is 0.0215. The van der Waals surface area contributed by atoms with Crippen LogP contribution >= 0.6 is 11.6 Å². The third-order valence-electron chi connectivity index (χ3n) is 3.57. The van der Waals surface area contributed by atoms with Crippen LogP contribution in [-0.2, 0) is 4.74 Å². The highest BCUT2D eigenvalue weighted by atomic mass is 35.5. The van der Waals surface area contributed by atoms with Gasteiger partial charge < -0.3 is 19.9 Å². The summed E-state index contributed by atoms with van der Waals surface area (Å²) in [4.78, 5) is 27.9. The van der Waals surface area contributed by atoms with Crippen molar-refractivity contribution in [1.29, 1.82) is 0 Å². The molecule has 2 atom stereocenters. The van der Waals surface area contributed by atoms with E-state index in [0.29, 0.717) is 29.4 Å². The molecule has 1 N–H and O–H groups in total. The van der Waals surface area contributed by atoms with Gasteiger partial charge in [-0.25, -0.2) is 4.79 Å². The summed E-state index contributed by atoms with van der Waals surface area (Å²) in [6.07, 6.45) is -0.0431. The van der Waals surface area contributed by atoms with E-state index in [1.807, 2.05) is 13.8 Å². The van der Waals surface area contributed by atoms with Gasteiger partial charge in [0.05, 0.1) is 23.5 Å². The molecule has 1 fully saturated rings. The van der Waals surface area contributed by atoms with Gasteiger partial charge in [-0.3, -0.25) is 4.79 Å². The van der Waals surface area contributed by atoms with E-state index in [1.165, 1.54) is 4.90 Å². The second kappa shape index (κ2) is 7.19. The molecule has 1 saturated heterocycles. The van der Waals surface area contributed by atoms with Gasteiger partial charge in [0, 0.05) is 32.2 Å². The Morgan fingerprint density at radius 3 is 2.43 bits per heavy atom. The summed E-state index contributed by atoms with van der Waals surface area (Å²) < 4.78 is 5.63. The molecule has 3 amide bonds. The molecule has 0 radical (unpaired) electrons. The van der Waals surface area contributed by atoms with Crippen molar-refractivity contribution in [3.8, 4) is 0 Å². The molecule has 6 nitrogen and oxygen atoms in total. The average Bonchev–Trinajstić information content (AvgIpc) is 2.45. The van der Waals surface area contributed by atoms with Crippen LogP contribution in [0.1, 0.15) is 24.2 Å². The van der Waals surface area contributed by atoms with Crippen LogP contribution in [-0.4, -0.2) is 61.1 Å². The molecular weight excluding hydrogens is 318 g/mol. The van der Waals surface area contributed by atoms with Gasteiger partial charge in [0.2, 0.25) is 0 Å². The maximum Gasteiger partial charge on any atom is 0.322 e. The standard InChI is InChI=1S/C16H22ClN3O3/c1-10-8-20(9-11(2)23-10)16(22)18-14-7-12(17)5-6-13(14)15(21)19(3)4/h5-7,10-11H,8-9H2,1-4H3,(H,18,22)/t10-,11-/m1/s1. The van der Waals surface area contributed by atoms with Crippen LogP contribution in [0.4, 0.5) is 10.5 Å². The van der Waals surface area contributed by atoms with Gasteiger partial charge in [0.1, 0.15) is 0 Å². The molecule has 126 valence electrons. The van der Waals surface area contributed by atoms with Crippen molar-refractivity contribution in [2.45, 2.75) is 26.1 Å². The van der Waals surface area contributed by atoms with Crippen molar-refractivity contribution in [3.63, 3.8) is 0 Å². The maximum atomic E-state index is 12.5. The van der Waals surface area contributed by atoms with Gasteiger partial charge in [0.25, 0.3) is 5.91 Å². The Morgan fingerprint density at radius 2 is 1.87 bits per heavy atom. The maximum absolute atomic E-state index is 12.5. The van der Waals surface area contributed by atoms with E-state index in [9.17, 15) is 9.59 Å². The monoisotopic (exact) mass is 339 g/mol. The number of nitrogens with one attached hydrogen (secondary N) is 1. The number of carbonyl (C=O) groups excluding carboxylic acids is 2. The summed E-state index contributed by atoms with van der Waals surface area (Å²) in [5.41, 5.74) is 0.815. The number of hydrogen-bond acceptors (Lipinski definition) is 3. The highest BCUT2D eigenvalue weighted by Gasteiger charge is 2.26. The smallest absolute Gasteiger partial charge is 0.322 e. The largest absolute Gasteiger partial charge is 0.372 e. The first-order valence-corrected chi connectivity index (χ1v) is 7.88. The van der Waals surface area contributed by atoms with E-state index in [-0.39, 0.29) is 24.1 Å². The van der Waals surface area contributed by atoms with Gasteiger partial charge in [-0.2, -0.15) is 0 Å². The molecule has 0 aromatic heterocycles. The van der Waals surface area contributed by atoms with E-state index in [2.05, 4.69) is 5.32 Å². The second-order valence-electron chi connectivity index (χ2n) is 5.98. The zero-order valence-corrected chi connectivity index (χ0v) is 14.6. The Balaban J connectivity index is 2.20. The highest BCUT2D eigenvalue weighted by molar-refractivity contribution is 6.31. The molecule has 2 rings (SSSR count). The summed E-state index contributed by atoms with van der Waals surface area (Å²) in [5, 5.41) is 3.26. The lowest BCUT2D eigenvalue weighted by Crippen LogP contribution is -2.49. The lowest BCUT2D eigenvalue weighted by atomic mass is 10.1. The molecule has 1 aliphatic heterocycles. The van der Waals surface area contributed by atoms with Crippen LogP contribution in [0.3, 0.4) is 0 Å². The van der Waals surface area contributed by atoms with E-state index < -0.39 is 0 Å². The fourth-order valence-corrected chi connectivity index (χ4v) is 2.76. The lowest BCUT2D eigenvalue weighted by Gasteiger charge is -2.35. The molecule has 0 spiro atoms. The first-order valence-electron chi connectivity index (χ1n) is 7.50. The van der Waals surface area contributed by atoms with Crippen LogP contribution in [0.2, 0.25) is 5.02 Å². The van der Waals surface area contributed by atoms with Gasteiger partial charge in [0.15, 0.2) is 0 Å². The molecule has 0 saturated carbocycles. The van der Waals surface area contributed by atoms with Crippen LogP contribution < -0.4 is 5.32 Å². The molecule has 1 aromatic rings. The predicted molar refractivity (Wildman–Crippen MR) is 90.1 cm³/mol. The topological polar surface area (TPSA) is 61.9 Å². The van der Waals surface area contributed by atoms with Crippen molar-refractivity contribution in [2.24, 2.45) is 0 Å². The Bertz CT molecular complexity index is 596. The van der Waals surface area contributed by atoms with Gasteiger partial charge in [-0.1, -0.05) is 11.6 Å².